The first kappa shape index (κ1) is 33.6. The molecule has 0 heterocycles. The van der Waals surface area contributed by atoms with Crippen molar-refractivity contribution in [3.8, 4) is 0 Å². The summed E-state index contributed by atoms with van der Waals surface area (Å²) < 4.78 is 0. The van der Waals surface area contributed by atoms with Gasteiger partial charge in [-0.2, -0.15) is 0 Å². The van der Waals surface area contributed by atoms with E-state index in [1.54, 1.807) is 0 Å². The Hall–Kier alpha value is -2.60. The second kappa shape index (κ2) is 16.0. The molecule has 40 heavy (non-hydrogen) atoms. The summed E-state index contributed by atoms with van der Waals surface area (Å²) in [5.74, 6) is 1.98. The van der Waals surface area contributed by atoms with Crippen LogP contribution in [0.3, 0.4) is 0 Å². The minimum atomic E-state index is 0.345. The Morgan fingerprint density at radius 1 is 0.675 bits per heavy atom. The van der Waals surface area contributed by atoms with Gasteiger partial charge in [-0.3, -0.25) is 0 Å². The molecular weight excluding hydrogens is 480 g/mol. The highest BCUT2D eigenvalue weighted by Crippen LogP contribution is 2.44. The zero-order valence-corrected chi connectivity index (χ0v) is 27.4. The second-order valence-corrected chi connectivity index (χ2v) is 13.8. The molecule has 2 aliphatic rings. The Kier molecular flexibility index (Phi) is 13.4. The number of hydrogen-bond acceptors (Lipinski definition) is 0. The average molecular weight is 539 g/mol. The van der Waals surface area contributed by atoms with E-state index >= 15 is 0 Å². The lowest BCUT2D eigenvalue weighted by Gasteiger charge is -2.41. The molecule has 0 nitrogen and oxygen atoms in total. The van der Waals surface area contributed by atoms with Crippen LogP contribution in [-0.4, -0.2) is 0 Å². The van der Waals surface area contributed by atoms with Crippen LogP contribution >= 0.6 is 0 Å². The third kappa shape index (κ3) is 11.5. The van der Waals surface area contributed by atoms with Crippen LogP contribution in [0.4, 0.5) is 0 Å². The Morgan fingerprint density at radius 2 is 1.18 bits per heavy atom. The van der Waals surface area contributed by atoms with Crippen molar-refractivity contribution < 1.29 is 0 Å². The van der Waals surface area contributed by atoms with Crippen molar-refractivity contribution in [3.05, 3.63) is 119 Å². The number of hydrogen-bond donors (Lipinski definition) is 0. The fraction of sp³-hybridized carbons (Fsp3) is 0.500. The Morgan fingerprint density at radius 3 is 1.70 bits per heavy atom. The van der Waals surface area contributed by atoms with Crippen LogP contribution in [0.5, 0.6) is 0 Å². The smallest absolute Gasteiger partial charge is 0.00285 e. The molecule has 3 unspecified atom stereocenters. The van der Waals surface area contributed by atoms with Crippen molar-refractivity contribution in [2.45, 2.75) is 101 Å². The van der Waals surface area contributed by atoms with Gasteiger partial charge in [-0.1, -0.05) is 166 Å². The third-order valence-corrected chi connectivity index (χ3v) is 8.97. The summed E-state index contributed by atoms with van der Waals surface area (Å²) in [5, 5.41) is 0. The largest absolute Gasteiger partial charge is 0.0850 e. The summed E-state index contributed by atoms with van der Waals surface area (Å²) >= 11 is 0. The fourth-order valence-corrected chi connectivity index (χ4v) is 6.27. The Labute approximate surface area is 248 Å². The molecular formula is C40H58. The molecule has 0 aliphatic heterocycles. The molecule has 0 aromatic carbocycles. The summed E-state index contributed by atoms with van der Waals surface area (Å²) in [7, 11) is 0. The molecule has 0 radical (unpaired) electrons. The van der Waals surface area contributed by atoms with Crippen LogP contribution in [0.1, 0.15) is 101 Å². The zero-order valence-electron chi connectivity index (χ0n) is 27.4. The maximum atomic E-state index is 2.46. The summed E-state index contributed by atoms with van der Waals surface area (Å²) in [5.41, 5.74) is 7.33. The molecule has 0 aromatic heterocycles. The first-order chi connectivity index (χ1) is 18.8. The summed E-state index contributed by atoms with van der Waals surface area (Å²) in [4.78, 5) is 0. The zero-order chi connectivity index (χ0) is 29.8. The SMILES string of the molecule is CC1=CCCC(C)(C)C1/C=C/C(C)=C/C=C/C(C)=C/C=C/C=C(C)/C=C/C=C(C)/C=C/C1C(C)CCCC1(C)C. The molecule has 2 rings (SSSR count). The lowest BCUT2D eigenvalue weighted by Crippen LogP contribution is -2.32. The van der Waals surface area contributed by atoms with Crippen molar-refractivity contribution in [1.29, 1.82) is 0 Å². The molecule has 0 N–H and O–H groups in total. The lowest BCUT2D eigenvalue weighted by molar-refractivity contribution is 0.123. The molecule has 0 amide bonds. The van der Waals surface area contributed by atoms with Gasteiger partial charge in [0.15, 0.2) is 0 Å². The minimum Gasteiger partial charge on any atom is -0.0850 e. The van der Waals surface area contributed by atoms with Crippen LogP contribution in [0.2, 0.25) is 0 Å². The van der Waals surface area contributed by atoms with Gasteiger partial charge in [0.05, 0.1) is 0 Å². The van der Waals surface area contributed by atoms with Crippen LogP contribution in [-0.2, 0) is 0 Å². The number of allylic oxidation sites excluding steroid dienone is 20. The molecule has 0 bridgehead atoms. The van der Waals surface area contributed by atoms with Crippen LogP contribution in [0.25, 0.3) is 0 Å². The fourth-order valence-electron chi connectivity index (χ4n) is 6.27. The second-order valence-electron chi connectivity index (χ2n) is 13.8. The van der Waals surface area contributed by atoms with Crippen molar-refractivity contribution in [2.75, 3.05) is 0 Å². The summed E-state index contributed by atoms with van der Waals surface area (Å²) in [6, 6.07) is 0. The highest BCUT2D eigenvalue weighted by molar-refractivity contribution is 5.32. The standard InChI is InChI=1S/C40H58/c1-31(19-13-21-33(3)25-27-37-35(5)23-15-29-39(37,7)8)17-11-12-18-32(2)20-14-22-34(4)26-28-38-36(6)24-16-30-40(38,9)10/h11-14,17-23,25-28,36-38H,15-16,24,29-30H2,1-10H3/b12-11+,19-13+,20-14+,27-25+,28-26+,31-17+,32-18+,33-21+,34-22+. The van der Waals surface area contributed by atoms with Gasteiger partial charge < -0.3 is 0 Å². The number of rotatable bonds is 10. The highest BCUT2D eigenvalue weighted by Gasteiger charge is 2.34. The van der Waals surface area contributed by atoms with Crippen molar-refractivity contribution in [2.24, 2.45) is 28.6 Å². The lowest BCUT2D eigenvalue weighted by atomic mass is 9.64. The molecule has 0 saturated heterocycles. The van der Waals surface area contributed by atoms with E-state index in [0.717, 1.165) is 5.92 Å². The Bertz CT molecular complexity index is 1130. The molecule has 1 fully saturated rings. The van der Waals surface area contributed by atoms with E-state index < -0.39 is 0 Å². The van der Waals surface area contributed by atoms with Gasteiger partial charge >= 0.3 is 0 Å². The van der Waals surface area contributed by atoms with E-state index in [1.165, 1.54) is 60.0 Å². The Balaban J connectivity index is 1.86. The van der Waals surface area contributed by atoms with Crippen LogP contribution in [0.15, 0.2) is 119 Å². The minimum absolute atomic E-state index is 0.345. The van der Waals surface area contributed by atoms with Gasteiger partial charge in [0.25, 0.3) is 0 Å². The predicted octanol–water partition coefficient (Wildman–Crippen LogP) is 12.4. The summed E-state index contributed by atoms with van der Waals surface area (Å²) in [6.45, 7) is 23.0. The molecule has 218 valence electrons. The molecule has 0 heteroatoms. The first-order valence-electron chi connectivity index (χ1n) is 15.6. The van der Waals surface area contributed by atoms with Gasteiger partial charge in [-0.25, -0.2) is 0 Å². The van der Waals surface area contributed by atoms with E-state index in [2.05, 4.69) is 160 Å². The van der Waals surface area contributed by atoms with Gasteiger partial charge in [0.1, 0.15) is 0 Å². The van der Waals surface area contributed by atoms with E-state index in [-0.39, 0.29) is 0 Å². The average Bonchev–Trinajstić information content (AvgIpc) is 2.85. The predicted molar refractivity (Wildman–Crippen MR) is 181 cm³/mol. The van der Waals surface area contributed by atoms with Crippen LogP contribution < -0.4 is 0 Å². The van der Waals surface area contributed by atoms with Crippen LogP contribution in [0, 0.1) is 28.6 Å². The molecule has 0 aromatic rings. The molecule has 2 aliphatic carbocycles. The van der Waals surface area contributed by atoms with Gasteiger partial charge in [-0.15, -0.1) is 0 Å². The topological polar surface area (TPSA) is 0 Å². The van der Waals surface area contributed by atoms with E-state index in [1.807, 2.05) is 0 Å². The quantitative estimate of drug-likeness (QED) is 0.192. The summed E-state index contributed by atoms with van der Waals surface area (Å²) in [6.07, 6.45) is 40.0. The van der Waals surface area contributed by atoms with E-state index in [4.69, 9.17) is 0 Å². The first-order valence-corrected chi connectivity index (χ1v) is 15.6. The van der Waals surface area contributed by atoms with E-state index in [0.29, 0.717) is 22.7 Å². The van der Waals surface area contributed by atoms with Gasteiger partial charge in [0.2, 0.25) is 0 Å². The monoisotopic (exact) mass is 538 g/mol. The molecule has 0 spiro atoms. The third-order valence-electron chi connectivity index (χ3n) is 8.97. The maximum absolute atomic E-state index is 2.46. The normalized spacial score (nSPS) is 27.1. The maximum Gasteiger partial charge on any atom is 0.00285 e. The highest BCUT2D eigenvalue weighted by atomic mass is 14.4. The molecule has 1 saturated carbocycles. The van der Waals surface area contributed by atoms with Gasteiger partial charge in [0, 0.05) is 5.92 Å². The van der Waals surface area contributed by atoms with Crippen molar-refractivity contribution in [1.82, 2.24) is 0 Å². The van der Waals surface area contributed by atoms with Crippen molar-refractivity contribution in [3.63, 3.8) is 0 Å². The van der Waals surface area contributed by atoms with Gasteiger partial charge in [-0.05, 0) is 76.5 Å². The van der Waals surface area contributed by atoms with E-state index in [9.17, 15) is 0 Å². The van der Waals surface area contributed by atoms with Crippen molar-refractivity contribution >= 4 is 0 Å². The molecule has 3 atom stereocenters.